The lowest BCUT2D eigenvalue weighted by Gasteiger charge is -2.21. The fraction of sp³-hybridized carbons (Fsp3) is 0.421. The highest BCUT2D eigenvalue weighted by Gasteiger charge is 2.15. The molecule has 1 aromatic heterocycles. The van der Waals surface area contributed by atoms with E-state index in [0.717, 1.165) is 5.69 Å². The Bertz CT molecular complexity index is 588. The van der Waals surface area contributed by atoms with Gasteiger partial charge in [-0.3, -0.25) is 4.98 Å². The number of aromatic nitrogens is 1. The molecule has 0 aliphatic carbocycles. The average molecular weight is 267 g/mol. The van der Waals surface area contributed by atoms with Gasteiger partial charge in [0.05, 0.1) is 0 Å². The molecule has 0 spiro atoms. The third-order valence-corrected chi connectivity index (χ3v) is 4.02. The first kappa shape index (κ1) is 14.8. The van der Waals surface area contributed by atoms with Crippen LogP contribution >= 0.6 is 0 Å². The van der Waals surface area contributed by atoms with Crippen molar-refractivity contribution in [3.05, 3.63) is 64.5 Å². The van der Waals surface area contributed by atoms with Gasteiger partial charge in [0.1, 0.15) is 0 Å². The van der Waals surface area contributed by atoms with Gasteiger partial charge in [-0.15, -0.1) is 0 Å². The molecule has 2 aromatic rings. The largest absolute Gasteiger partial charge is 0.261 e. The third kappa shape index (κ3) is 3.09. The van der Waals surface area contributed by atoms with Crippen LogP contribution in [0.1, 0.15) is 61.6 Å². The summed E-state index contributed by atoms with van der Waals surface area (Å²) in [6, 6.07) is 11.3. The van der Waals surface area contributed by atoms with Crippen molar-refractivity contribution in [2.24, 2.45) is 0 Å². The Morgan fingerprint density at radius 2 is 1.60 bits per heavy atom. The Labute approximate surface area is 123 Å². The highest BCUT2D eigenvalue weighted by atomic mass is 14.7. The zero-order valence-corrected chi connectivity index (χ0v) is 13.5. The van der Waals surface area contributed by atoms with Crippen LogP contribution < -0.4 is 0 Å². The molecular formula is C19H25N. The van der Waals surface area contributed by atoms with E-state index in [-0.39, 0.29) is 5.41 Å². The molecule has 0 fully saturated rings. The minimum absolute atomic E-state index is 0.213. The summed E-state index contributed by atoms with van der Waals surface area (Å²) in [5.74, 6) is 0.408. The number of nitrogens with zero attached hydrogens (tertiary/aromatic N) is 1. The number of hydrogen-bond donors (Lipinski definition) is 0. The Morgan fingerprint density at radius 3 is 2.15 bits per heavy atom. The summed E-state index contributed by atoms with van der Waals surface area (Å²) in [5.41, 5.74) is 6.70. The second-order valence-corrected chi connectivity index (χ2v) is 6.78. The van der Waals surface area contributed by atoms with Crippen LogP contribution in [0.4, 0.5) is 0 Å². The third-order valence-electron chi connectivity index (χ3n) is 4.02. The molecule has 0 radical (unpaired) electrons. The van der Waals surface area contributed by atoms with Gasteiger partial charge in [0.2, 0.25) is 0 Å². The smallest absolute Gasteiger partial charge is 0.0375 e. The summed E-state index contributed by atoms with van der Waals surface area (Å²) in [7, 11) is 0. The van der Waals surface area contributed by atoms with Crippen molar-refractivity contribution in [3.63, 3.8) is 0 Å². The van der Waals surface area contributed by atoms with Crippen molar-refractivity contribution in [1.29, 1.82) is 0 Å². The van der Waals surface area contributed by atoms with Gasteiger partial charge in [0, 0.05) is 17.8 Å². The first-order chi connectivity index (χ1) is 9.29. The molecule has 0 saturated carbocycles. The molecule has 1 aromatic carbocycles. The van der Waals surface area contributed by atoms with E-state index in [1.165, 1.54) is 22.3 Å². The number of hydrogen-bond acceptors (Lipinski definition) is 1. The number of benzene rings is 1. The van der Waals surface area contributed by atoms with Crippen molar-refractivity contribution in [2.45, 2.75) is 52.9 Å². The maximum absolute atomic E-state index is 4.36. The Morgan fingerprint density at radius 1 is 1.00 bits per heavy atom. The Kier molecular flexibility index (Phi) is 3.99. The van der Waals surface area contributed by atoms with Crippen LogP contribution in [0.3, 0.4) is 0 Å². The standard InChI is InChI=1S/C19H25N/c1-13-12-20-14(2)11-18(13)15(3)16-7-9-17(10-8-16)19(4,5)6/h7-12,15H,1-6H3. The SMILES string of the molecule is Cc1cc(C(C)c2ccc(C(C)(C)C)cc2)c(C)cn1. The van der Waals surface area contributed by atoms with Gasteiger partial charge in [0.15, 0.2) is 0 Å². The second-order valence-electron chi connectivity index (χ2n) is 6.78. The molecule has 1 atom stereocenters. The topological polar surface area (TPSA) is 12.9 Å². The fourth-order valence-electron chi connectivity index (χ4n) is 2.57. The van der Waals surface area contributed by atoms with Gasteiger partial charge < -0.3 is 0 Å². The van der Waals surface area contributed by atoms with Crippen LogP contribution in [0.25, 0.3) is 0 Å². The van der Waals surface area contributed by atoms with Gasteiger partial charge in [-0.2, -0.15) is 0 Å². The van der Waals surface area contributed by atoms with E-state index in [1.54, 1.807) is 0 Å². The Hall–Kier alpha value is -1.63. The van der Waals surface area contributed by atoms with Crippen molar-refractivity contribution < 1.29 is 0 Å². The molecule has 0 aliphatic heterocycles. The van der Waals surface area contributed by atoms with E-state index in [4.69, 9.17) is 0 Å². The minimum Gasteiger partial charge on any atom is -0.261 e. The van der Waals surface area contributed by atoms with Crippen LogP contribution in [0, 0.1) is 13.8 Å². The molecule has 106 valence electrons. The van der Waals surface area contributed by atoms with E-state index < -0.39 is 0 Å². The quantitative estimate of drug-likeness (QED) is 0.733. The molecule has 0 saturated heterocycles. The maximum atomic E-state index is 4.36. The van der Waals surface area contributed by atoms with E-state index in [0.29, 0.717) is 5.92 Å². The van der Waals surface area contributed by atoms with Crippen LogP contribution in [-0.4, -0.2) is 4.98 Å². The highest BCUT2D eigenvalue weighted by Crippen LogP contribution is 2.29. The average Bonchev–Trinajstić information content (AvgIpc) is 2.40. The number of rotatable bonds is 2. The fourth-order valence-corrected chi connectivity index (χ4v) is 2.57. The van der Waals surface area contributed by atoms with Crippen LogP contribution in [0.15, 0.2) is 36.5 Å². The summed E-state index contributed by atoms with van der Waals surface area (Å²) < 4.78 is 0. The molecule has 1 unspecified atom stereocenters. The zero-order valence-electron chi connectivity index (χ0n) is 13.5. The lowest BCUT2D eigenvalue weighted by Crippen LogP contribution is -2.11. The van der Waals surface area contributed by atoms with Crippen LogP contribution in [0.2, 0.25) is 0 Å². The molecular weight excluding hydrogens is 242 g/mol. The van der Waals surface area contributed by atoms with E-state index >= 15 is 0 Å². The second kappa shape index (κ2) is 5.40. The van der Waals surface area contributed by atoms with Gasteiger partial charge in [-0.1, -0.05) is 52.0 Å². The van der Waals surface area contributed by atoms with Gasteiger partial charge in [-0.25, -0.2) is 0 Å². The van der Waals surface area contributed by atoms with Crippen LogP contribution in [0.5, 0.6) is 0 Å². The Balaban J connectivity index is 2.34. The van der Waals surface area contributed by atoms with Crippen molar-refractivity contribution in [2.75, 3.05) is 0 Å². The van der Waals surface area contributed by atoms with Gasteiger partial charge >= 0.3 is 0 Å². The molecule has 1 heterocycles. The maximum Gasteiger partial charge on any atom is 0.0375 e. The normalized spacial score (nSPS) is 13.3. The predicted molar refractivity (Wildman–Crippen MR) is 86.4 cm³/mol. The summed E-state index contributed by atoms with van der Waals surface area (Å²) in [4.78, 5) is 4.36. The van der Waals surface area contributed by atoms with E-state index in [2.05, 4.69) is 76.9 Å². The first-order valence-electron chi connectivity index (χ1n) is 7.32. The monoisotopic (exact) mass is 267 g/mol. The molecule has 2 rings (SSSR count). The van der Waals surface area contributed by atoms with Gasteiger partial charge in [-0.05, 0) is 47.6 Å². The molecule has 0 N–H and O–H groups in total. The number of pyridine rings is 1. The molecule has 0 bridgehead atoms. The summed E-state index contributed by atoms with van der Waals surface area (Å²) >= 11 is 0. The van der Waals surface area contributed by atoms with Crippen LogP contribution in [-0.2, 0) is 5.41 Å². The van der Waals surface area contributed by atoms with Crippen molar-refractivity contribution in [1.82, 2.24) is 4.98 Å². The van der Waals surface area contributed by atoms with E-state index in [9.17, 15) is 0 Å². The zero-order chi connectivity index (χ0) is 14.9. The minimum atomic E-state index is 0.213. The lowest BCUT2D eigenvalue weighted by atomic mass is 9.84. The summed E-state index contributed by atoms with van der Waals surface area (Å²) in [6.45, 7) is 13.2. The summed E-state index contributed by atoms with van der Waals surface area (Å²) in [5, 5.41) is 0. The molecule has 20 heavy (non-hydrogen) atoms. The van der Waals surface area contributed by atoms with Gasteiger partial charge in [0.25, 0.3) is 0 Å². The lowest BCUT2D eigenvalue weighted by molar-refractivity contribution is 0.590. The molecule has 0 amide bonds. The molecule has 1 heteroatoms. The van der Waals surface area contributed by atoms with Crippen molar-refractivity contribution >= 4 is 0 Å². The van der Waals surface area contributed by atoms with Crippen molar-refractivity contribution in [3.8, 4) is 0 Å². The highest BCUT2D eigenvalue weighted by molar-refractivity contribution is 5.38. The molecule has 0 aliphatic rings. The predicted octanol–water partition coefficient (Wildman–Crippen LogP) is 5.15. The summed E-state index contributed by atoms with van der Waals surface area (Å²) in [6.07, 6.45) is 1.98. The molecule has 1 nitrogen and oxygen atoms in total. The van der Waals surface area contributed by atoms with E-state index in [1.807, 2.05) is 6.20 Å². The number of aryl methyl sites for hydroxylation is 2. The first-order valence-corrected chi connectivity index (χ1v) is 7.32.